The van der Waals surface area contributed by atoms with Crippen molar-refractivity contribution in [3.63, 3.8) is 0 Å². The highest BCUT2D eigenvalue weighted by Gasteiger charge is 2.42. The van der Waals surface area contributed by atoms with Crippen LogP contribution in [0.15, 0.2) is 11.6 Å². The molecule has 1 aliphatic heterocycles. The van der Waals surface area contributed by atoms with Crippen LogP contribution in [0.5, 0.6) is 0 Å². The summed E-state index contributed by atoms with van der Waals surface area (Å²) in [5.41, 5.74) is 0.597. The zero-order valence-corrected chi connectivity index (χ0v) is 27.1. The Kier molecular flexibility index (Phi) is 14.1. The second-order valence-corrected chi connectivity index (χ2v) is 18.1. The lowest BCUT2D eigenvalue weighted by atomic mass is 9.88. The van der Waals surface area contributed by atoms with E-state index in [4.69, 9.17) is 9.16 Å². The molecule has 0 radical (unpaired) electrons. The van der Waals surface area contributed by atoms with Gasteiger partial charge in [-0.3, -0.25) is 4.79 Å². The maximum atomic E-state index is 13.3. The van der Waals surface area contributed by atoms with Crippen LogP contribution in [-0.4, -0.2) is 44.0 Å². The molecule has 1 aliphatic rings. The maximum absolute atomic E-state index is 13.3. The first-order valence-electron chi connectivity index (χ1n) is 15.0. The molecule has 5 nitrogen and oxygen atoms in total. The smallest absolute Gasteiger partial charge is 0.417 e. The minimum atomic E-state index is -2.01. The van der Waals surface area contributed by atoms with Gasteiger partial charge in [-0.15, -0.1) is 0 Å². The molecule has 0 spiro atoms. The number of unbranched alkanes of at least 4 members (excludes halogenated alkanes) is 7. The predicted molar refractivity (Wildman–Crippen MR) is 158 cm³/mol. The van der Waals surface area contributed by atoms with E-state index in [0.717, 1.165) is 6.42 Å². The Bertz CT molecular complexity index is 740. The van der Waals surface area contributed by atoms with Crippen LogP contribution < -0.4 is 0 Å². The number of ether oxygens (including phenoxy) is 1. The predicted octanol–water partition coefficient (Wildman–Crippen LogP) is 9.13. The van der Waals surface area contributed by atoms with Crippen molar-refractivity contribution in [1.82, 2.24) is 4.90 Å². The molecule has 216 valence electrons. The first-order valence-corrected chi connectivity index (χ1v) is 17.9. The number of carbonyl (C=O) groups is 2. The van der Waals surface area contributed by atoms with Crippen molar-refractivity contribution in [2.75, 3.05) is 6.61 Å². The average molecular weight is 538 g/mol. The third kappa shape index (κ3) is 10.5. The Morgan fingerprint density at radius 1 is 1.05 bits per heavy atom. The summed E-state index contributed by atoms with van der Waals surface area (Å²) in [6.45, 7) is 24.3. The van der Waals surface area contributed by atoms with Crippen molar-refractivity contribution < 1.29 is 18.8 Å². The summed E-state index contributed by atoms with van der Waals surface area (Å²) in [4.78, 5) is 27.0. The minimum Gasteiger partial charge on any atom is -0.447 e. The van der Waals surface area contributed by atoms with E-state index >= 15 is 0 Å². The zero-order chi connectivity index (χ0) is 28.4. The van der Waals surface area contributed by atoms with E-state index < -0.39 is 14.4 Å². The molecular weight excluding hydrogens is 478 g/mol. The summed E-state index contributed by atoms with van der Waals surface area (Å²) in [5, 5.41) is 0.113. The van der Waals surface area contributed by atoms with Gasteiger partial charge in [0.15, 0.2) is 8.32 Å². The van der Waals surface area contributed by atoms with Gasteiger partial charge >= 0.3 is 6.09 Å². The molecule has 1 heterocycles. The van der Waals surface area contributed by atoms with Crippen LogP contribution in [0.2, 0.25) is 18.1 Å². The quantitative estimate of drug-likeness (QED) is 0.112. The summed E-state index contributed by atoms with van der Waals surface area (Å²) < 4.78 is 12.2. The first kappa shape index (κ1) is 33.9. The van der Waals surface area contributed by atoms with Gasteiger partial charge in [-0.25, -0.2) is 9.69 Å². The van der Waals surface area contributed by atoms with Crippen LogP contribution in [0.1, 0.15) is 120 Å². The summed E-state index contributed by atoms with van der Waals surface area (Å²) in [7, 11) is -2.01. The largest absolute Gasteiger partial charge is 0.447 e. The van der Waals surface area contributed by atoms with Gasteiger partial charge in [0.1, 0.15) is 6.61 Å². The lowest BCUT2D eigenvalue weighted by Crippen LogP contribution is -2.47. The fraction of sp³-hybridized carbons (Fsp3) is 0.871. The molecular formula is C31H59NO4Si. The van der Waals surface area contributed by atoms with Crippen molar-refractivity contribution in [3.8, 4) is 0 Å². The summed E-state index contributed by atoms with van der Waals surface area (Å²) in [6, 6.07) is -0.209. The lowest BCUT2D eigenvalue weighted by molar-refractivity contribution is -0.125. The molecule has 0 saturated carbocycles. The van der Waals surface area contributed by atoms with Crippen molar-refractivity contribution in [3.05, 3.63) is 11.6 Å². The molecule has 1 fully saturated rings. The average Bonchev–Trinajstić information content (AvgIpc) is 3.19. The van der Waals surface area contributed by atoms with Crippen LogP contribution in [0.3, 0.4) is 0 Å². The number of nitrogens with zero attached hydrogens (tertiary/aromatic N) is 1. The Balaban J connectivity index is 2.95. The van der Waals surface area contributed by atoms with E-state index in [1.807, 2.05) is 26.8 Å². The number of imide groups is 1. The molecule has 0 aromatic heterocycles. The van der Waals surface area contributed by atoms with Gasteiger partial charge in [0.2, 0.25) is 0 Å². The van der Waals surface area contributed by atoms with Gasteiger partial charge in [-0.1, -0.05) is 113 Å². The normalized spacial score (nSPS) is 19.8. The Labute approximate surface area is 230 Å². The second kappa shape index (κ2) is 15.4. The monoisotopic (exact) mass is 537 g/mol. The summed E-state index contributed by atoms with van der Waals surface area (Å²) >= 11 is 0. The number of carbonyl (C=O) groups excluding carboxylic acids is 2. The van der Waals surface area contributed by atoms with Gasteiger partial charge in [0.25, 0.3) is 5.91 Å². The molecule has 2 amide bonds. The molecule has 1 saturated heterocycles. The Hall–Kier alpha value is -1.14. The third-order valence-electron chi connectivity index (χ3n) is 8.57. The van der Waals surface area contributed by atoms with Crippen LogP contribution in [-0.2, 0) is 14.0 Å². The van der Waals surface area contributed by atoms with Crippen molar-refractivity contribution in [2.24, 2.45) is 17.8 Å². The van der Waals surface area contributed by atoms with Gasteiger partial charge in [0.05, 0.1) is 12.1 Å². The van der Waals surface area contributed by atoms with Crippen molar-refractivity contribution in [1.29, 1.82) is 0 Å². The molecule has 0 N–H and O–H groups in total. The summed E-state index contributed by atoms with van der Waals surface area (Å²) in [6.07, 6.45) is 13.2. The molecule has 0 aromatic rings. The van der Waals surface area contributed by atoms with E-state index in [1.165, 1.54) is 56.3 Å². The number of cyclic esters (lactones) is 1. The van der Waals surface area contributed by atoms with Crippen LogP contribution in [0.4, 0.5) is 4.79 Å². The topological polar surface area (TPSA) is 55.8 Å². The standard InChI is InChI=1S/C31H59NO4Si/c1-12-13-14-15-16-17-18-19-20-24(4)28(36-37(10,11)31(7,8)9)25(5)21-26(6)29(33)32-27(23(2)3)22-35-30(32)34/h21,23-25,27-28H,12-20,22H2,1-11H3/b26-21+/t24-,25-,27+,28+/m0/s1. The molecule has 6 heteroatoms. The number of amides is 2. The Morgan fingerprint density at radius 2 is 1.59 bits per heavy atom. The summed E-state index contributed by atoms with van der Waals surface area (Å²) in [5.74, 6) is 0.374. The van der Waals surface area contributed by atoms with Gasteiger partial charge in [-0.2, -0.15) is 0 Å². The van der Waals surface area contributed by atoms with Crippen LogP contribution in [0, 0.1) is 17.8 Å². The first-order chi connectivity index (χ1) is 17.1. The van der Waals surface area contributed by atoms with Gasteiger partial charge in [0, 0.05) is 5.57 Å². The van der Waals surface area contributed by atoms with Crippen LogP contribution >= 0.6 is 0 Å². The highest BCUT2D eigenvalue weighted by molar-refractivity contribution is 6.74. The van der Waals surface area contributed by atoms with E-state index in [9.17, 15) is 9.59 Å². The molecule has 4 atom stereocenters. The molecule has 0 aliphatic carbocycles. The molecule has 1 rings (SSSR count). The molecule has 0 aromatic carbocycles. The lowest BCUT2D eigenvalue weighted by Gasteiger charge is -2.42. The number of hydrogen-bond acceptors (Lipinski definition) is 4. The van der Waals surface area contributed by atoms with Gasteiger partial charge in [-0.05, 0) is 49.2 Å². The molecule has 37 heavy (non-hydrogen) atoms. The van der Waals surface area contributed by atoms with Crippen LogP contribution in [0.25, 0.3) is 0 Å². The fourth-order valence-electron chi connectivity index (χ4n) is 4.93. The SMILES string of the molecule is CCCCCCCCCC[C@H](C)[C@@H](O[Si](C)(C)C(C)(C)C)[C@@H](C)/C=C(\C)C(=O)N1C(=O)OC[C@@H]1C(C)C. The van der Waals surface area contributed by atoms with E-state index in [1.54, 1.807) is 0 Å². The van der Waals surface area contributed by atoms with Crippen molar-refractivity contribution in [2.45, 2.75) is 150 Å². The number of rotatable bonds is 16. The second-order valence-electron chi connectivity index (χ2n) is 13.4. The Morgan fingerprint density at radius 3 is 2.11 bits per heavy atom. The highest BCUT2D eigenvalue weighted by Crippen LogP contribution is 2.40. The van der Waals surface area contributed by atoms with E-state index in [-0.39, 0.29) is 41.5 Å². The molecule has 0 bridgehead atoms. The third-order valence-corrected chi connectivity index (χ3v) is 13.0. The zero-order valence-electron chi connectivity index (χ0n) is 26.1. The molecule has 0 unspecified atom stereocenters. The van der Waals surface area contributed by atoms with E-state index in [0.29, 0.717) is 11.5 Å². The van der Waals surface area contributed by atoms with Gasteiger partial charge < -0.3 is 9.16 Å². The van der Waals surface area contributed by atoms with E-state index in [2.05, 4.69) is 54.6 Å². The fourth-order valence-corrected chi connectivity index (χ4v) is 6.41. The minimum absolute atomic E-state index is 0.0413. The maximum Gasteiger partial charge on any atom is 0.417 e. The highest BCUT2D eigenvalue weighted by atomic mass is 28.4. The number of hydrogen-bond donors (Lipinski definition) is 0. The van der Waals surface area contributed by atoms with Crippen molar-refractivity contribution >= 4 is 20.3 Å².